The van der Waals surface area contributed by atoms with Crippen molar-refractivity contribution in [3.63, 3.8) is 0 Å². The van der Waals surface area contributed by atoms with Crippen LogP contribution in [-0.2, 0) is 17.1 Å². The van der Waals surface area contributed by atoms with Crippen molar-refractivity contribution in [2.75, 3.05) is 39.0 Å². The van der Waals surface area contributed by atoms with E-state index in [0.717, 1.165) is 18.4 Å². The summed E-state index contributed by atoms with van der Waals surface area (Å²) in [6.07, 6.45) is 7.13. The van der Waals surface area contributed by atoms with Gasteiger partial charge in [-0.15, -0.1) is 0 Å². The lowest BCUT2D eigenvalue weighted by Crippen LogP contribution is -2.28. The Hall–Kier alpha value is -1.97. The monoisotopic (exact) mass is 378 g/mol. The molecular formula is C17H26N6O2S. The van der Waals surface area contributed by atoms with Crippen LogP contribution in [0.2, 0.25) is 0 Å². The Labute approximate surface area is 154 Å². The Balaban J connectivity index is 1.67. The van der Waals surface area contributed by atoms with Gasteiger partial charge in [-0.2, -0.15) is 9.40 Å². The molecule has 0 bridgehead atoms. The summed E-state index contributed by atoms with van der Waals surface area (Å²) in [6, 6.07) is 3.48. The van der Waals surface area contributed by atoms with Crippen LogP contribution >= 0.6 is 0 Å². The van der Waals surface area contributed by atoms with E-state index in [0.29, 0.717) is 25.5 Å². The van der Waals surface area contributed by atoms with Gasteiger partial charge in [-0.25, -0.2) is 13.4 Å². The van der Waals surface area contributed by atoms with Gasteiger partial charge in [0.25, 0.3) is 0 Å². The van der Waals surface area contributed by atoms with Crippen molar-refractivity contribution in [2.45, 2.75) is 23.8 Å². The highest BCUT2D eigenvalue weighted by Gasteiger charge is 2.27. The maximum atomic E-state index is 12.5. The minimum absolute atomic E-state index is 0.138. The van der Waals surface area contributed by atoms with E-state index in [1.54, 1.807) is 16.8 Å². The molecule has 1 unspecified atom stereocenters. The number of anilines is 1. The fourth-order valence-corrected chi connectivity index (χ4v) is 4.59. The van der Waals surface area contributed by atoms with Crippen molar-refractivity contribution >= 4 is 15.8 Å². The zero-order valence-corrected chi connectivity index (χ0v) is 16.3. The predicted octanol–water partition coefficient (Wildman–Crippen LogP) is 1.31. The van der Waals surface area contributed by atoms with E-state index in [2.05, 4.69) is 20.3 Å². The fourth-order valence-electron chi connectivity index (χ4n) is 3.13. The van der Waals surface area contributed by atoms with Gasteiger partial charge in [-0.1, -0.05) is 0 Å². The van der Waals surface area contributed by atoms with Gasteiger partial charge < -0.3 is 10.2 Å². The van der Waals surface area contributed by atoms with Gasteiger partial charge in [0.2, 0.25) is 10.0 Å². The molecule has 1 aliphatic heterocycles. The largest absolute Gasteiger partial charge is 0.368 e. The van der Waals surface area contributed by atoms with Crippen LogP contribution in [0.15, 0.2) is 35.6 Å². The third-order valence-corrected chi connectivity index (χ3v) is 6.53. The number of hydrogen-bond donors (Lipinski definition) is 1. The standard InChI is InChI=1S/C17H26N6O2S/c1-21(2)16(14-10-20-22(3)13-14)12-19-17-7-6-15(11-18-17)26(24,25)23-8-4-5-9-23/h6-7,10-11,13,16H,4-5,8-9,12H2,1-3H3,(H,18,19). The van der Waals surface area contributed by atoms with Gasteiger partial charge in [-0.05, 0) is 39.1 Å². The molecule has 142 valence electrons. The average Bonchev–Trinajstić information content (AvgIpc) is 3.27. The van der Waals surface area contributed by atoms with Gasteiger partial charge in [0.05, 0.1) is 12.2 Å². The summed E-state index contributed by atoms with van der Waals surface area (Å²) in [5, 5.41) is 7.51. The Morgan fingerprint density at radius 2 is 1.96 bits per heavy atom. The van der Waals surface area contributed by atoms with Crippen molar-refractivity contribution in [3.8, 4) is 0 Å². The Bertz CT molecular complexity index is 825. The van der Waals surface area contributed by atoms with Crippen molar-refractivity contribution in [1.29, 1.82) is 0 Å². The molecule has 3 rings (SSSR count). The molecular weight excluding hydrogens is 352 g/mol. The molecule has 1 aliphatic rings. The van der Waals surface area contributed by atoms with Crippen molar-refractivity contribution < 1.29 is 8.42 Å². The molecule has 26 heavy (non-hydrogen) atoms. The topological polar surface area (TPSA) is 83.4 Å². The highest BCUT2D eigenvalue weighted by Crippen LogP contribution is 2.22. The van der Waals surface area contributed by atoms with E-state index in [1.165, 1.54) is 10.5 Å². The second kappa shape index (κ2) is 7.73. The lowest BCUT2D eigenvalue weighted by atomic mass is 10.1. The summed E-state index contributed by atoms with van der Waals surface area (Å²) < 4.78 is 28.4. The first-order valence-electron chi connectivity index (χ1n) is 8.73. The fraction of sp³-hybridized carbons (Fsp3) is 0.529. The van der Waals surface area contributed by atoms with Crippen LogP contribution in [0, 0.1) is 0 Å². The number of nitrogens with one attached hydrogen (secondary N) is 1. The summed E-state index contributed by atoms with van der Waals surface area (Å²) in [6.45, 7) is 1.83. The Morgan fingerprint density at radius 3 is 2.50 bits per heavy atom. The molecule has 2 aromatic heterocycles. The predicted molar refractivity (Wildman–Crippen MR) is 100 cm³/mol. The molecule has 0 saturated carbocycles. The molecule has 8 nitrogen and oxygen atoms in total. The molecule has 0 aromatic carbocycles. The van der Waals surface area contributed by atoms with Crippen LogP contribution in [0.3, 0.4) is 0 Å². The summed E-state index contributed by atoms with van der Waals surface area (Å²) in [7, 11) is 2.50. The molecule has 0 spiro atoms. The van der Waals surface area contributed by atoms with Gasteiger partial charge >= 0.3 is 0 Å². The number of rotatable bonds is 7. The van der Waals surface area contributed by atoms with Crippen LogP contribution in [0.4, 0.5) is 5.82 Å². The minimum atomic E-state index is -3.42. The number of hydrogen-bond acceptors (Lipinski definition) is 6. The van der Waals surface area contributed by atoms with Gasteiger partial charge in [0, 0.05) is 44.6 Å². The van der Waals surface area contributed by atoms with E-state index < -0.39 is 10.0 Å². The molecule has 1 atom stereocenters. The molecule has 1 saturated heterocycles. The molecule has 0 aliphatic carbocycles. The molecule has 0 radical (unpaired) electrons. The van der Waals surface area contributed by atoms with Crippen molar-refractivity contribution in [3.05, 3.63) is 36.3 Å². The molecule has 3 heterocycles. The maximum absolute atomic E-state index is 12.5. The van der Waals surface area contributed by atoms with E-state index in [1.807, 2.05) is 33.5 Å². The molecule has 2 aromatic rings. The van der Waals surface area contributed by atoms with Crippen molar-refractivity contribution in [1.82, 2.24) is 24.0 Å². The van der Waals surface area contributed by atoms with E-state index >= 15 is 0 Å². The van der Waals surface area contributed by atoms with Gasteiger partial charge in [-0.3, -0.25) is 4.68 Å². The lowest BCUT2D eigenvalue weighted by Gasteiger charge is -2.23. The first-order valence-corrected chi connectivity index (χ1v) is 10.2. The molecule has 1 fully saturated rings. The first-order chi connectivity index (χ1) is 12.4. The number of likely N-dealkylation sites (N-methyl/N-ethyl adjacent to an activating group) is 1. The lowest BCUT2D eigenvalue weighted by molar-refractivity contribution is 0.311. The van der Waals surface area contributed by atoms with Gasteiger partial charge in [0.15, 0.2) is 0 Å². The number of pyridine rings is 1. The van der Waals surface area contributed by atoms with Crippen molar-refractivity contribution in [2.24, 2.45) is 7.05 Å². The average molecular weight is 379 g/mol. The Kier molecular flexibility index (Phi) is 5.59. The number of nitrogens with zero attached hydrogens (tertiary/aromatic N) is 5. The summed E-state index contributed by atoms with van der Waals surface area (Å²) in [5.74, 6) is 0.654. The third kappa shape index (κ3) is 4.05. The van der Waals surface area contributed by atoms with Crippen LogP contribution in [-0.4, -0.2) is 66.1 Å². The van der Waals surface area contributed by atoms with Crippen LogP contribution in [0.1, 0.15) is 24.4 Å². The SMILES string of the molecule is CN(C)C(CNc1ccc(S(=O)(=O)N2CCCC2)cn1)c1cnn(C)c1. The van der Waals surface area contributed by atoms with E-state index in [4.69, 9.17) is 0 Å². The molecule has 1 N–H and O–H groups in total. The molecule has 0 amide bonds. The second-order valence-corrected chi connectivity index (χ2v) is 8.74. The quantitative estimate of drug-likeness (QED) is 0.782. The summed E-state index contributed by atoms with van der Waals surface area (Å²) >= 11 is 0. The smallest absolute Gasteiger partial charge is 0.244 e. The highest BCUT2D eigenvalue weighted by molar-refractivity contribution is 7.89. The number of aryl methyl sites for hydroxylation is 1. The normalized spacial score (nSPS) is 16.9. The second-order valence-electron chi connectivity index (χ2n) is 6.80. The highest BCUT2D eigenvalue weighted by atomic mass is 32.2. The minimum Gasteiger partial charge on any atom is -0.368 e. The van der Waals surface area contributed by atoms with Gasteiger partial charge in [0.1, 0.15) is 10.7 Å². The zero-order chi connectivity index (χ0) is 18.7. The van der Waals surface area contributed by atoms with Crippen LogP contribution in [0.5, 0.6) is 0 Å². The molecule has 9 heteroatoms. The van der Waals surface area contributed by atoms with Crippen LogP contribution < -0.4 is 5.32 Å². The zero-order valence-electron chi connectivity index (χ0n) is 15.5. The first kappa shape index (κ1) is 18.8. The van der Waals surface area contributed by atoms with Crippen LogP contribution in [0.25, 0.3) is 0 Å². The summed E-state index contributed by atoms with van der Waals surface area (Å²) in [5.41, 5.74) is 1.11. The maximum Gasteiger partial charge on any atom is 0.244 e. The van der Waals surface area contributed by atoms with E-state index in [9.17, 15) is 8.42 Å². The number of aromatic nitrogens is 3. The summed E-state index contributed by atoms with van der Waals surface area (Å²) in [4.78, 5) is 6.65. The Morgan fingerprint density at radius 1 is 1.23 bits per heavy atom. The third-order valence-electron chi connectivity index (χ3n) is 4.65. The van der Waals surface area contributed by atoms with E-state index in [-0.39, 0.29) is 10.9 Å². The number of sulfonamides is 1.